The molecule has 2 rings (SSSR count). The van der Waals surface area contributed by atoms with E-state index in [0.29, 0.717) is 31.9 Å². The van der Waals surface area contributed by atoms with Gasteiger partial charge in [0, 0.05) is 38.1 Å². The molecule has 2 amide bonds. The third-order valence-corrected chi connectivity index (χ3v) is 3.66. The third-order valence-electron chi connectivity index (χ3n) is 3.66. The fraction of sp³-hybridized carbons (Fsp3) is 0.562. The van der Waals surface area contributed by atoms with E-state index in [1.165, 1.54) is 0 Å². The first-order valence-electron chi connectivity index (χ1n) is 7.68. The zero-order valence-corrected chi connectivity index (χ0v) is 13.6. The number of amides is 2. The lowest BCUT2D eigenvalue weighted by molar-refractivity contribution is -0.126. The molecule has 0 unspecified atom stereocenters. The van der Waals surface area contributed by atoms with Crippen LogP contribution in [0.1, 0.15) is 22.5 Å². The van der Waals surface area contributed by atoms with Crippen molar-refractivity contribution in [2.24, 2.45) is 0 Å². The molecule has 1 aromatic heterocycles. The Labute approximate surface area is 136 Å². The Hall–Kier alpha value is -1.99. The van der Waals surface area contributed by atoms with Crippen molar-refractivity contribution in [3.8, 4) is 0 Å². The van der Waals surface area contributed by atoms with Gasteiger partial charge in [-0.15, -0.1) is 0 Å². The largest absolute Gasteiger partial charge is 0.382 e. The number of ether oxygens (including phenoxy) is 2. The minimum atomic E-state index is -0.169. The summed E-state index contributed by atoms with van der Waals surface area (Å²) in [5.74, 6) is -0.219. The molecular formula is C16H23N3O4. The minimum absolute atomic E-state index is 0.00961. The smallest absolute Gasteiger partial charge is 0.255 e. The van der Waals surface area contributed by atoms with Crippen molar-refractivity contribution in [3.63, 3.8) is 0 Å². The van der Waals surface area contributed by atoms with Crippen molar-refractivity contribution in [2.75, 3.05) is 40.0 Å². The van der Waals surface area contributed by atoms with E-state index in [2.05, 4.69) is 10.3 Å². The van der Waals surface area contributed by atoms with Crippen LogP contribution in [0.5, 0.6) is 0 Å². The van der Waals surface area contributed by atoms with E-state index < -0.39 is 0 Å². The molecule has 126 valence electrons. The Morgan fingerprint density at radius 2 is 2.22 bits per heavy atom. The van der Waals surface area contributed by atoms with Crippen molar-refractivity contribution in [2.45, 2.75) is 19.4 Å². The van der Waals surface area contributed by atoms with Crippen molar-refractivity contribution in [1.82, 2.24) is 15.2 Å². The van der Waals surface area contributed by atoms with Crippen molar-refractivity contribution in [3.05, 3.63) is 29.6 Å². The van der Waals surface area contributed by atoms with E-state index >= 15 is 0 Å². The van der Waals surface area contributed by atoms with Gasteiger partial charge in [-0.3, -0.25) is 14.6 Å². The molecule has 0 radical (unpaired) electrons. The van der Waals surface area contributed by atoms with Gasteiger partial charge in [-0.2, -0.15) is 0 Å². The highest BCUT2D eigenvalue weighted by Gasteiger charge is 2.28. The molecule has 1 aliphatic heterocycles. The molecule has 0 bridgehead atoms. The summed E-state index contributed by atoms with van der Waals surface area (Å²) >= 11 is 0. The van der Waals surface area contributed by atoms with E-state index in [4.69, 9.17) is 9.47 Å². The minimum Gasteiger partial charge on any atom is -0.382 e. The number of carbonyl (C=O) groups is 2. The Balaban J connectivity index is 1.76. The molecule has 0 spiro atoms. The Bertz CT molecular complexity index is 533. The second-order valence-electron chi connectivity index (χ2n) is 5.54. The van der Waals surface area contributed by atoms with Crippen LogP contribution in [0, 0.1) is 6.92 Å². The molecule has 0 aliphatic carbocycles. The number of hydrogen-bond acceptors (Lipinski definition) is 5. The first-order chi connectivity index (χ1) is 11.1. The number of aromatic nitrogens is 1. The molecule has 1 atom stereocenters. The first kappa shape index (κ1) is 17.4. The van der Waals surface area contributed by atoms with Gasteiger partial charge in [0.15, 0.2) is 0 Å². The fourth-order valence-corrected chi connectivity index (χ4v) is 2.42. The van der Waals surface area contributed by atoms with E-state index in [0.717, 1.165) is 12.1 Å². The van der Waals surface area contributed by atoms with Crippen LogP contribution in [-0.4, -0.2) is 67.8 Å². The molecule has 1 aromatic rings. The lowest BCUT2D eigenvalue weighted by Gasteiger charge is -2.17. The van der Waals surface area contributed by atoms with Crippen LogP contribution < -0.4 is 5.32 Å². The van der Waals surface area contributed by atoms with Crippen LogP contribution in [0.3, 0.4) is 0 Å². The number of carbonyl (C=O) groups excluding carboxylic acids is 2. The Kier molecular flexibility index (Phi) is 6.49. The third kappa shape index (κ3) is 5.30. The summed E-state index contributed by atoms with van der Waals surface area (Å²) in [6, 6.07) is 3.57. The van der Waals surface area contributed by atoms with Crippen molar-refractivity contribution in [1.29, 1.82) is 0 Å². The summed E-state index contributed by atoms with van der Waals surface area (Å²) in [6.45, 7) is 3.88. The van der Waals surface area contributed by atoms with Crippen molar-refractivity contribution < 1.29 is 19.1 Å². The summed E-state index contributed by atoms with van der Waals surface area (Å²) in [5.41, 5.74) is 1.45. The maximum absolute atomic E-state index is 12.4. The lowest BCUT2D eigenvalue weighted by Crippen LogP contribution is -2.40. The normalized spacial score (nSPS) is 17.3. The molecule has 1 N–H and O–H groups in total. The van der Waals surface area contributed by atoms with E-state index in [-0.39, 0.29) is 24.5 Å². The van der Waals surface area contributed by atoms with Crippen LogP contribution in [0.4, 0.5) is 0 Å². The number of pyridine rings is 1. The van der Waals surface area contributed by atoms with Gasteiger partial charge in [0.1, 0.15) is 6.61 Å². The average Bonchev–Trinajstić information content (AvgIpc) is 3.00. The molecule has 23 heavy (non-hydrogen) atoms. The molecule has 0 aromatic carbocycles. The number of methoxy groups -OCH3 is 1. The number of rotatable bonds is 7. The predicted octanol–water partition coefficient (Wildman–Crippen LogP) is 0.384. The topological polar surface area (TPSA) is 80.8 Å². The summed E-state index contributed by atoms with van der Waals surface area (Å²) in [6.07, 6.45) is 2.34. The number of nitrogens with zero attached hydrogens (tertiary/aromatic N) is 2. The molecule has 7 nitrogen and oxygen atoms in total. The van der Waals surface area contributed by atoms with Gasteiger partial charge in [0.25, 0.3) is 5.91 Å². The molecule has 7 heteroatoms. The van der Waals surface area contributed by atoms with Gasteiger partial charge in [0.2, 0.25) is 5.91 Å². The predicted molar refractivity (Wildman–Crippen MR) is 84.1 cm³/mol. The van der Waals surface area contributed by atoms with Crippen LogP contribution >= 0.6 is 0 Å². The zero-order chi connectivity index (χ0) is 16.7. The van der Waals surface area contributed by atoms with Gasteiger partial charge in [-0.05, 0) is 25.5 Å². The lowest BCUT2D eigenvalue weighted by atomic mass is 10.2. The van der Waals surface area contributed by atoms with Crippen LogP contribution in [0.15, 0.2) is 18.3 Å². The quantitative estimate of drug-likeness (QED) is 0.735. The van der Waals surface area contributed by atoms with E-state index in [9.17, 15) is 9.59 Å². The Morgan fingerprint density at radius 3 is 2.91 bits per heavy atom. The van der Waals surface area contributed by atoms with E-state index in [1.54, 1.807) is 24.3 Å². The van der Waals surface area contributed by atoms with Gasteiger partial charge in [0.05, 0.1) is 18.8 Å². The second kappa shape index (κ2) is 8.59. The van der Waals surface area contributed by atoms with Gasteiger partial charge >= 0.3 is 0 Å². The van der Waals surface area contributed by atoms with Gasteiger partial charge < -0.3 is 19.7 Å². The highest BCUT2D eigenvalue weighted by atomic mass is 16.5. The molecule has 1 fully saturated rings. The maximum atomic E-state index is 12.4. The highest BCUT2D eigenvalue weighted by molar-refractivity contribution is 5.94. The maximum Gasteiger partial charge on any atom is 0.255 e. The average molecular weight is 321 g/mol. The molecule has 2 heterocycles. The van der Waals surface area contributed by atoms with Gasteiger partial charge in [-0.1, -0.05) is 0 Å². The van der Waals surface area contributed by atoms with Crippen molar-refractivity contribution >= 4 is 11.8 Å². The highest BCUT2D eigenvalue weighted by Crippen LogP contribution is 2.13. The van der Waals surface area contributed by atoms with E-state index in [1.807, 2.05) is 13.0 Å². The Morgan fingerprint density at radius 1 is 1.39 bits per heavy atom. The van der Waals surface area contributed by atoms with Crippen LogP contribution in [0.25, 0.3) is 0 Å². The SMILES string of the molecule is COCCOCC(=O)N[C@@H]1CCN(C(=O)c2ccc(C)nc2)C1. The van der Waals surface area contributed by atoms with Crippen LogP contribution in [-0.2, 0) is 14.3 Å². The molecule has 1 saturated heterocycles. The standard InChI is InChI=1S/C16H23N3O4/c1-12-3-4-13(9-17-12)16(21)19-6-5-14(10-19)18-15(20)11-23-8-7-22-2/h3-4,9,14H,5-8,10-11H2,1-2H3,(H,18,20)/t14-/m1/s1. The molecule has 1 aliphatic rings. The molecular weight excluding hydrogens is 298 g/mol. The monoisotopic (exact) mass is 321 g/mol. The second-order valence-corrected chi connectivity index (χ2v) is 5.54. The fourth-order valence-electron chi connectivity index (χ4n) is 2.42. The number of likely N-dealkylation sites (tertiary alicyclic amines) is 1. The molecule has 0 saturated carbocycles. The first-order valence-corrected chi connectivity index (χ1v) is 7.68. The van der Waals surface area contributed by atoms with Gasteiger partial charge in [-0.25, -0.2) is 0 Å². The number of aryl methyl sites for hydroxylation is 1. The van der Waals surface area contributed by atoms with Crippen LogP contribution in [0.2, 0.25) is 0 Å². The number of hydrogen-bond donors (Lipinski definition) is 1. The zero-order valence-electron chi connectivity index (χ0n) is 13.6. The number of nitrogens with one attached hydrogen (secondary N) is 1. The summed E-state index contributed by atoms with van der Waals surface area (Å²) in [4.78, 5) is 30.0. The summed E-state index contributed by atoms with van der Waals surface area (Å²) in [7, 11) is 1.58. The summed E-state index contributed by atoms with van der Waals surface area (Å²) in [5, 5.41) is 2.89. The summed E-state index contributed by atoms with van der Waals surface area (Å²) < 4.78 is 10.0.